The molecule has 0 radical (unpaired) electrons. The maximum Gasteiger partial charge on any atom is 0.329 e. The van der Waals surface area contributed by atoms with Crippen LogP contribution in [0.4, 0.5) is 0 Å². The summed E-state index contributed by atoms with van der Waals surface area (Å²) in [7, 11) is 1.31. The van der Waals surface area contributed by atoms with Crippen LogP contribution in [-0.4, -0.2) is 13.1 Å². The number of rotatable bonds is 2. The van der Waals surface area contributed by atoms with Gasteiger partial charge < -0.3 is 4.74 Å². The fraction of sp³-hybridized carbons (Fsp3) is 0.0667. The minimum atomic E-state index is -0.394. The Morgan fingerprint density at radius 2 is 1.78 bits per heavy atom. The van der Waals surface area contributed by atoms with Crippen molar-refractivity contribution in [2.24, 2.45) is 0 Å². The summed E-state index contributed by atoms with van der Waals surface area (Å²) < 4.78 is 4.14. The maximum atomic E-state index is 9.84. The van der Waals surface area contributed by atoms with Gasteiger partial charge in [-0.05, 0) is 5.56 Å². The van der Waals surface area contributed by atoms with Crippen LogP contribution in [0, 0.1) is 11.3 Å². The normalized spacial score (nSPS) is 6.89. The molecule has 0 bridgehead atoms. The molecule has 0 aromatic heterocycles. The monoisotopic (exact) mass is 243 g/mol. The van der Waals surface area contributed by atoms with Crippen LogP contribution in [0.1, 0.15) is 5.56 Å². The molecule has 1 rings (SSSR count). The number of carbonyl (C=O) groups is 1. The smallest absolute Gasteiger partial charge is 0.329 e. The largest absolute Gasteiger partial charge is 0.466 e. The van der Waals surface area contributed by atoms with Gasteiger partial charge in [-0.1, -0.05) is 56.1 Å². The first-order chi connectivity index (χ1) is 8.65. The molecule has 0 N–H and O–H groups in total. The lowest BCUT2D eigenvalue weighted by Gasteiger charge is -1.85. The Kier molecular flexibility index (Phi) is 14.2. The minimum Gasteiger partial charge on any atom is -0.466 e. The predicted molar refractivity (Wildman–Crippen MR) is 74.6 cm³/mol. The van der Waals surface area contributed by atoms with E-state index >= 15 is 0 Å². The lowest BCUT2D eigenvalue weighted by molar-refractivity contribution is -0.134. The van der Waals surface area contributed by atoms with Crippen LogP contribution in [-0.2, 0) is 9.53 Å². The highest BCUT2D eigenvalue weighted by molar-refractivity contribution is 5.80. The van der Waals surface area contributed by atoms with Crippen molar-refractivity contribution >= 4 is 12.0 Å². The zero-order chi connectivity index (χ0) is 14.2. The van der Waals surface area contributed by atoms with Crippen LogP contribution < -0.4 is 0 Å². The molecule has 0 spiro atoms. The van der Waals surface area contributed by atoms with Crippen molar-refractivity contribution in [2.75, 3.05) is 7.11 Å². The van der Waals surface area contributed by atoms with Crippen molar-refractivity contribution in [2.45, 2.75) is 0 Å². The number of hydrogen-bond acceptors (Lipinski definition) is 3. The first kappa shape index (κ1) is 17.8. The second-order valence-electron chi connectivity index (χ2n) is 2.68. The molecule has 0 saturated carbocycles. The molecular weight excluding hydrogens is 226 g/mol. The molecule has 0 heterocycles. The van der Waals surface area contributed by atoms with E-state index in [9.17, 15) is 4.79 Å². The third kappa shape index (κ3) is 13.4. The molecule has 0 unspecified atom stereocenters. The lowest BCUT2D eigenvalue weighted by Crippen LogP contribution is -1.91. The molecule has 1 aromatic rings. The van der Waals surface area contributed by atoms with E-state index < -0.39 is 5.97 Å². The number of hydrogen-bond donors (Lipinski definition) is 0. The fourth-order valence-electron chi connectivity index (χ4n) is 0.672. The molecule has 0 fully saturated rings. The summed E-state index contributed by atoms with van der Waals surface area (Å²) in [6, 6.07) is 11.7. The quantitative estimate of drug-likeness (QED) is 0.454. The molecule has 0 aliphatic carbocycles. The first-order valence-corrected chi connectivity index (χ1v) is 5.04. The molecule has 3 heteroatoms. The second-order valence-corrected chi connectivity index (χ2v) is 2.68. The fourth-order valence-corrected chi connectivity index (χ4v) is 0.672. The summed E-state index contributed by atoms with van der Waals surface area (Å²) in [6.07, 6.45) is 4.12. The average molecular weight is 243 g/mol. The average Bonchev–Trinajstić information content (AvgIpc) is 2.48. The van der Waals surface area contributed by atoms with Crippen molar-refractivity contribution in [1.82, 2.24) is 0 Å². The van der Waals surface area contributed by atoms with Crippen LogP contribution in [0.25, 0.3) is 6.08 Å². The van der Waals surface area contributed by atoms with Gasteiger partial charge in [-0.25, -0.2) is 4.79 Å². The number of nitriles is 1. The maximum absolute atomic E-state index is 9.84. The highest BCUT2D eigenvalue weighted by Gasteiger charge is 1.81. The molecule has 0 atom stereocenters. The van der Waals surface area contributed by atoms with Crippen LogP contribution in [0.5, 0.6) is 0 Å². The van der Waals surface area contributed by atoms with E-state index in [1.807, 2.05) is 36.4 Å². The number of methoxy groups -OCH3 is 1. The number of benzene rings is 1. The second kappa shape index (κ2) is 14.4. The summed E-state index contributed by atoms with van der Waals surface area (Å²) in [5.74, 6) is -0.394. The molecule has 94 valence electrons. The number of esters is 1. The van der Waals surface area contributed by atoms with Gasteiger partial charge in [-0.2, -0.15) is 5.26 Å². The summed E-state index contributed by atoms with van der Waals surface area (Å²) in [5.41, 5.74) is 1.17. The van der Waals surface area contributed by atoms with Crippen molar-refractivity contribution in [3.63, 3.8) is 0 Å². The molecular formula is C15H17NO2. The van der Waals surface area contributed by atoms with Gasteiger partial charge >= 0.3 is 5.97 Å². The van der Waals surface area contributed by atoms with Gasteiger partial charge in [-0.3, -0.25) is 0 Å². The summed E-state index contributed by atoms with van der Waals surface area (Å²) in [6.45, 7) is 9.91. The van der Waals surface area contributed by atoms with Crippen LogP contribution >= 0.6 is 0 Å². The van der Waals surface area contributed by atoms with Crippen molar-refractivity contribution < 1.29 is 9.53 Å². The number of nitrogens with zero attached hydrogens (tertiary/aromatic N) is 1. The van der Waals surface area contributed by atoms with Gasteiger partial charge in [0.1, 0.15) is 0 Å². The number of carbonyl (C=O) groups excluding carboxylic acids is 1. The summed E-state index contributed by atoms with van der Waals surface area (Å²) in [5, 5.41) is 7.51. The van der Waals surface area contributed by atoms with Crippen LogP contribution in [0.3, 0.4) is 0 Å². The molecule has 0 saturated heterocycles. The van der Waals surface area contributed by atoms with Crippen molar-refractivity contribution in [1.29, 1.82) is 5.26 Å². The number of ether oxygens (including phenoxy) is 1. The Labute approximate surface area is 108 Å². The SMILES string of the molecule is C=CC#N.C=CC(=O)OC.C=Cc1ccccc1. The standard InChI is InChI=1S/C8H8.C4H6O2.C3H3N/c1-2-8-6-4-3-5-7-8;1-3-4(5)6-2;1-2-3-4/h2-7H,1H2;3H,1H2,2H3;2H,1H2. The third-order valence-electron chi connectivity index (χ3n) is 1.49. The zero-order valence-corrected chi connectivity index (χ0v) is 10.5. The Morgan fingerprint density at radius 1 is 1.28 bits per heavy atom. The lowest BCUT2D eigenvalue weighted by atomic mass is 10.2. The van der Waals surface area contributed by atoms with Gasteiger partial charge in [0, 0.05) is 12.2 Å². The number of allylic oxidation sites excluding steroid dienone is 1. The Hall–Kier alpha value is -2.60. The molecule has 1 aromatic carbocycles. The van der Waals surface area contributed by atoms with E-state index in [0.717, 1.165) is 6.08 Å². The molecule has 0 aliphatic heterocycles. The van der Waals surface area contributed by atoms with Gasteiger partial charge in [-0.15, -0.1) is 0 Å². The Balaban J connectivity index is 0. The molecule has 0 amide bonds. The van der Waals surface area contributed by atoms with Crippen molar-refractivity contribution in [3.8, 4) is 6.07 Å². The Bertz CT molecular complexity index is 402. The first-order valence-electron chi connectivity index (χ1n) is 5.04. The van der Waals surface area contributed by atoms with E-state index in [0.29, 0.717) is 0 Å². The van der Waals surface area contributed by atoms with E-state index in [2.05, 4.69) is 24.5 Å². The van der Waals surface area contributed by atoms with Gasteiger partial charge in [0.25, 0.3) is 0 Å². The van der Waals surface area contributed by atoms with Gasteiger partial charge in [0.05, 0.1) is 13.2 Å². The highest BCUT2D eigenvalue weighted by Crippen LogP contribution is 1.97. The van der Waals surface area contributed by atoms with E-state index in [1.165, 1.54) is 18.7 Å². The van der Waals surface area contributed by atoms with Crippen LogP contribution in [0.15, 0.2) is 62.2 Å². The van der Waals surface area contributed by atoms with E-state index in [1.54, 1.807) is 6.07 Å². The Morgan fingerprint density at radius 3 is 1.94 bits per heavy atom. The topological polar surface area (TPSA) is 50.1 Å². The molecule has 18 heavy (non-hydrogen) atoms. The zero-order valence-electron chi connectivity index (χ0n) is 10.5. The van der Waals surface area contributed by atoms with E-state index in [-0.39, 0.29) is 0 Å². The third-order valence-corrected chi connectivity index (χ3v) is 1.49. The highest BCUT2D eigenvalue weighted by atomic mass is 16.5. The molecule has 0 aliphatic rings. The minimum absolute atomic E-state index is 0.394. The summed E-state index contributed by atoms with van der Waals surface area (Å²) >= 11 is 0. The van der Waals surface area contributed by atoms with Gasteiger partial charge in [0.15, 0.2) is 0 Å². The van der Waals surface area contributed by atoms with E-state index in [4.69, 9.17) is 5.26 Å². The predicted octanol–water partition coefficient (Wildman–Crippen LogP) is 3.37. The van der Waals surface area contributed by atoms with Crippen LogP contribution in [0.2, 0.25) is 0 Å². The molecule has 3 nitrogen and oxygen atoms in total. The van der Waals surface area contributed by atoms with Gasteiger partial charge in [0.2, 0.25) is 0 Å². The summed E-state index contributed by atoms with van der Waals surface area (Å²) in [4.78, 5) is 9.84. The van der Waals surface area contributed by atoms with Crippen molar-refractivity contribution in [3.05, 3.63) is 67.8 Å².